The second kappa shape index (κ2) is 6.73. The van der Waals surface area contributed by atoms with Crippen LogP contribution in [-0.4, -0.2) is 4.98 Å². The molecule has 0 radical (unpaired) electrons. The van der Waals surface area contributed by atoms with Crippen LogP contribution in [0.15, 0.2) is 51.8 Å². The minimum atomic E-state index is 0.283. The Kier molecular flexibility index (Phi) is 4.73. The molecule has 0 aliphatic rings. The third-order valence-corrected chi connectivity index (χ3v) is 5.58. The van der Waals surface area contributed by atoms with Crippen molar-refractivity contribution in [2.24, 2.45) is 0 Å². The number of thiophene rings is 2. The Morgan fingerprint density at radius 2 is 1.95 bits per heavy atom. The first-order valence-corrected chi connectivity index (χ1v) is 9.23. The van der Waals surface area contributed by atoms with E-state index in [-0.39, 0.29) is 6.04 Å². The Hall–Kier alpha value is -1.17. The van der Waals surface area contributed by atoms with E-state index in [4.69, 9.17) is 0 Å². The molecule has 3 aromatic rings. The average molecular weight is 379 g/mol. The maximum atomic E-state index is 4.47. The number of aromatic nitrogens is 1. The molecule has 0 aliphatic carbocycles. The molecule has 2 nitrogen and oxygen atoms in total. The van der Waals surface area contributed by atoms with Crippen molar-refractivity contribution >= 4 is 44.3 Å². The van der Waals surface area contributed by atoms with E-state index < -0.39 is 0 Å². The number of anilines is 1. The summed E-state index contributed by atoms with van der Waals surface area (Å²) >= 11 is 7.02. The van der Waals surface area contributed by atoms with E-state index in [0.29, 0.717) is 0 Å². The van der Waals surface area contributed by atoms with Gasteiger partial charge in [-0.2, -0.15) is 0 Å². The minimum absolute atomic E-state index is 0.283. The smallest absolute Gasteiger partial charge is 0.106 e. The van der Waals surface area contributed by atoms with E-state index in [1.165, 1.54) is 9.75 Å². The monoisotopic (exact) mass is 378 g/mol. The molecular weight excluding hydrogens is 364 g/mol. The lowest BCUT2D eigenvalue weighted by atomic mass is 10.1. The molecule has 0 amide bonds. The lowest BCUT2D eigenvalue weighted by Gasteiger charge is -2.19. The third-order valence-electron chi connectivity index (χ3n) is 3.25. The summed E-state index contributed by atoms with van der Waals surface area (Å²) in [6.07, 6.45) is 0.994. The molecule has 0 fully saturated rings. The van der Waals surface area contributed by atoms with E-state index in [1.807, 2.05) is 24.3 Å². The lowest BCUT2D eigenvalue weighted by molar-refractivity contribution is 0.799. The summed E-state index contributed by atoms with van der Waals surface area (Å²) in [5, 5.41) is 7.91. The van der Waals surface area contributed by atoms with Gasteiger partial charge in [0.05, 0.1) is 17.4 Å². The van der Waals surface area contributed by atoms with E-state index >= 15 is 0 Å². The van der Waals surface area contributed by atoms with Crippen molar-refractivity contribution in [3.63, 3.8) is 0 Å². The Bertz CT molecular complexity index is 693. The molecule has 0 spiro atoms. The van der Waals surface area contributed by atoms with Gasteiger partial charge in [-0.3, -0.25) is 0 Å². The fourth-order valence-corrected chi connectivity index (χ4v) is 4.14. The van der Waals surface area contributed by atoms with Crippen molar-refractivity contribution in [3.8, 4) is 0 Å². The van der Waals surface area contributed by atoms with Crippen molar-refractivity contribution in [2.75, 3.05) is 5.32 Å². The number of halogens is 1. The third kappa shape index (κ3) is 3.73. The van der Waals surface area contributed by atoms with Crippen LogP contribution in [0.3, 0.4) is 0 Å². The number of rotatable bonds is 5. The number of nitrogens with zero attached hydrogens (tertiary/aromatic N) is 1. The zero-order chi connectivity index (χ0) is 14.7. The minimum Gasteiger partial charge on any atom is -0.376 e. The lowest BCUT2D eigenvalue weighted by Crippen LogP contribution is -2.13. The molecule has 3 heterocycles. The SMILES string of the molecule is Cc1nc(Br)ccc1NC(Cc1cccs1)c1cccs1. The second-order valence-electron chi connectivity index (χ2n) is 4.76. The van der Waals surface area contributed by atoms with Crippen molar-refractivity contribution in [3.05, 3.63) is 67.2 Å². The van der Waals surface area contributed by atoms with Crippen LogP contribution in [0.4, 0.5) is 5.69 Å². The van der Waals surface area contributed by atoms with E-state index in [0.717, 1.165) is 22.4 Å². The van der Waals surface area contributed by atoms with Crippen LogP contribution in [0, 0.1) is 6.92 Å². The number of nitrogens with one attached hydrogen (secondary N) is 1. The molecule has 3 rings (SSSR count). The highest BCUT2D eigenvalue weighted by molar-refractivity contribution is 9.10. The molecule has 0 saturated carbocycles. The summed E-state index contributed by atoms with van der Waals surface area (Å²) in [6.45, 7) is 2.03. The maximum Gasteiger partial charge on any atom is 0.106 e. The standard InChI is InChI=1S/C16H15BrN2S2/c1-11-13(6-7-16(17)18-11)19-14(15-5-3-9-21-15)10-12-4-2-8-20-12/h2-9,14,19H,10H2,1H3. The van der Waals surface area contributed by atoms with E-state index in [2.05, 4.69) is 67.3 Å². The van der Waals surface area contributed by atoms with Crippen LogP contribution in [0.5, 0.6) is 0 Å². The van der Waals surface area contributed by atoms with Gasteiger partial charge in [-0.1, -0.05) is 12.1 Å². The molecule has 1 unspecified atom stereocenters. The van der Waals surface area contributed by atoms with E-state index in [9.17, 15) is 0 Å². The number of aryl methyl sites for hydroxylation is 1. The van der Waals surface area contributed by atoms with Crippen LogP contribution in [0.1, 0.15) is 21.5 Å². The molecule has 108 valence electrons. The number of hydrogen-bond acceptors (Lipinski definition) is 4. The topological polar surface area (TPSA) is 24.9 Å². The maximum absolute atomic E-state index is 4.47. The summed E-state index contributed by atoms with van der Waals surface area (Å²) in [5.41, 5.74) is 2.10. The van der Waals surface area contributed by atoms with Crippen LogP contribution < -0.4 is 5.32 Å². The van der Waals surface area contributed by atoms with Gasteiger partial charge in [0.15, 0.2) is 0 Å². The van der Waals surface area contributed by atoms with Crippen molar-refractivity contribution in [2.45, 2.75) is 19.4 Å². The quantitative estimate of drug-likeness (QED) is 0.578. The molecule has 1 atom stereocenters. The van der Waals surface area contributed by atoms with Crippen LogP contribution in [-0.2, 0) is 6.42 Å². The van der Waals surface area contributed by atoms with Gasteiger partial charge in [0.2, 0.25) is 0 Å². The van der Waals surface area contributed by atoms with Gasteiger partial charge in [0, 0.05) is 16.2 Å². The normalized spacial score (nSPS) is 12.3. The summed E-state index contributed by atoms with van der Waals surface area (Å²) in [4.78, 5) is 7.21. The Balaban J connectivity index is 1.85. The van der Waals surface area contributed by atoms with E-state index in [1.54, 1.807) is 11.3 Å². The Labute approximate surface area is 141 Å². The molecule has 5 heteroatoms. The Morgan fingerprint density at radius 3 is 2.62 bits per heavy atom. The van der Waals surface area contributed by atoms with Crippen molar-refractivity contribution in [1.29, 1.82) is 0 Å². The largest absolute Gasteiger partial charge is 0.376 e. The van der Waals surface area contributed by atoms with Gasteiger partial charge in [-0.15, -0.1) is 22.7 Å². The molecule has 0 bridgehead atoms. The molecule has 0 saturated heterocycles. The van der Waals surface area contributed by atoms with Crippen molar-refractivity contribution < 1.29 is 0 Å². The van der Waals surface area contributed by atoms with Gasteiger partial charge in [0.25, 0.3) is 0 Å². The first-order chi connectivity index (χ1) is 10.2. The molecule has 3 aromatic heterocycles. The van der Waals surface area contributed by atoms with Gasteiger partial charge >= 0.3 is 0 Å². The number of hydrogen-bond donors (Lipinski definition) is 1. The molecule has 1 N–H and O–H groups in total. The molecule has 21 heavy (non-hydrogen) atoms. The Morgan fingerprint density at radius 1 is 1.14 bits per heavy atom. The summed E-state index contributed by atoms with van der Waals surface area (Å²) in [6, 6.07) is 12.9. The summed E-state index contributed by atoms with van der Waals surface area (Å²) in [7, 11) is 0. The highest BCUT2D eigenvalue weighted by Gasteiger charge is 2.15. The number of pyridine rings is 1. The average Bonchev–Trinajstić information content (AvgIpc) is 3.13. The highest BCUT2D eigenvalue weighted by atomic mass is 79.9. The highest BCUT2D eigenvalue weighted by Crippen LogP contribution is 2.29. The summed E-state index contributed by atoms with van der Waals surface area (Å²) in [5.74, 6) is 0. The second-order valence-corrected chi connectivity index (χ2v) is 7.59. The molecule has 0 aliphatic heterocycles. The van der Waals surface area contributed by atoms with Crippen LogP contribution in [0.2, 0.25) is 0 Å². The van der Waals surface area contributed by atoms with Crippen LogP contribution >= 0.6 is 38.6 Å². The fraction of sp³-hybridized carbons (Fsp3) is 0.188. The fourth-order valence-electron chi connectivity index (χ4n) is 2.21. The summed E-state index contributed by atoms with van der Waals surface area (Å²) < 4.78 is 0.872. The van der Waals surface area contributed by atoms with Crippen molar-refractivity contribution in [1.82, 2.24) is 4.98 Å². The van der Waals surface area contributed by atoms with Crippen LogP contribution in [0.25, 0.3) is 0 Å². The predicted octanol–water partition coefficient (Wildman–Crippen LogP) is 5.67. The van der Waals surface area contributed by atoms with Gasteiger partial charge < -0.3 is 5.32 Å². The van der Waals surface area contributed by atoms with Gasteiger partial charge in [0.1, 0.15) is 4.60 Å². The molecular formula is C16H15BrN2S2. The first-order valence-electron chi connectivity index (χ1n) is 6.68. The molecule has 0 aromatic carbocycles. The van der Waals surface area contributed by atoms with Gasteiger partial charge in [-0.25, -0.2) is 4.98 Å². The zero-order valence-electron chi connectivity index (χ0n) is 11.5. The predicted molar refractivity (Wildman–Crippen MR) is 95.4 cm³/mol. The first kappa shape index (κ1) is 14.8. The zero-order valence-corrected chi connectivity index (χ0v) is 14.8. The van der Waals surface area contributed by atoms with Gasteiger partial charge in [-0.05, 0) is 57.9 Å².